The highest BCUT2D eigenvalue weighted by atomic mass is 35.5. The van der Waals surface area contributed by atoms with Crippen LogP contribution in [0.4, 0.5) is 5.69 Å². The van der Waals surface area contributed by atoms with Gasteiger partial charge in [0.1, 0.15) is 0 Å². The first-order valence-electron chi connectivity index (χ1n) is 5.48. The highest BCUT2D eigenvalue weighted by molar-refractivity contribution is 6.30. The summed E-state index contributed by atoms with van der Waals surface area (Å²) in [6, 6.07) is 1.55. The summed E-state index contributed by atoms with van der Waals surface area (Å²) in [4.78, 5) is 31.1. The van der Waals surface area contributed by atoms with Crippen LogP contribution in [0.1, 0.15) is 13.8 Å². The number of cyclic esters (lactones) is 2. The third kappa shape index (κ3) is 3.29. The molecule has 0 atom stereocenters. The molecule has 2 heterocycles. The third-order valence-electron chi connectivity index (χ3n) is 2.26. The van der Waals surface area contributed by atoms with Crippen molar-refractivity contribution < 1.29 is 19.1 Å². The number of esters is 2. The Morgan fingerprint density at radius 1 is 1.32 bits per heavy atom. The molecule has 2 rings (SSSR count). The number of hydrogen-bond donors (Lipinski definition) is 0. The lowest BCUT2D eigenvalue weighted by atomic mass is 10.1. The number of nitrogens with zero attached hydrogens (tertiary/aromatic N) is 2. The molecule has 0 spiro atoms. The SMILES string of the molecule is CC1(C)OC(=O)C(C=Nc2cncc(Cl)c2)C(=O)O1. The molecule has 0 aliphatic carbocycles. The minimum Gasteiger partial charge on any atom is -0.422 e. The molecule has 1 aromatic rings. The fourth-order valence-corrected chi connectivity index (χ4v) is 1.65. The number of hydrogen-bond acceptors (Lipinski definition) is 6. The summed E-state index contributed by atoms with van der Waals surface area (Å²) >= 11 is 5.74. The summed E-state index contributed by atoms with van der Waals surface area (Å²) in [6.45, 7) is 2.97. The van der Waals surface area contributed by atoms with Gasteiger partial charge in [-0.2, -0.15) is 0 Å². The molecule has 1 aliphatic heterocycles. The van der Waals surface area contributed by atoms with Crippen molar-refractivity contribution in [3.63, 3.8) is 0 Å². The smallest absolute Gasteiger partial charge is 0.329 e. The molecule has 1 aliphatic rings. The highest BCUT2D eigenvalue weighted by Gasteiger charge is 2.42. The lowest BCUT2D eigenvalue weighted by Crippen LogP contribution is -2.46. The maximum atomic E-state index is 11.7. The zero-order chi connectivity index (χ0) is 14.0. The van der Waals surface area contributed by atoms with Crippen molar-refractivity contribution in [1.82, 2.24) is 4.98 Å². The number of carbonyl (C=O) groups is 2. The van der Waals surface area contributed by atoms with Gasteiger partial charge in [-0.25, -0.2) is 0 Å². The van der Waals surface area contributed by atoms with Gasteiger partial charge in [0.05, 0.1) is 16.9 Å². The fraction of sp³-hybridized carbons (Fsp3) is 0.333. The first-order chi connectivity index (χ1) is 8.87. The molecular formula is C12H11ClN2O4. The van der Waals surface area contributed by atoms with E-state index in [9.17, 15) is 9.59 Å². The number of rotatable bonds is 2. The molecule has 0 saturated carbocycles. The van der Waals surface area contributed by atoms with Crippen molar-refractivity contribution in [2.24, 2.45) is 10.9 Å². The van der Waals surface area contributed by atoms with Gasteiger partial charge in [-0.15, -0.1) is 0 Å². The Balaban J connectivity index is 2.15. The number of aromatic nitrogens is 1. The van der Waals surface area contributed by atoms with Crippen molar-refractivity contribution >= 4 is 35.4 Å². The van der Waals surface area contributed by atoms with Crippen LogP contribution in [0.25, 0.3) is 0 Å². The van der Waals surface area contributed by atoms with Crippen molar-refractivity contribution in [1.29, 1.82) is 0 Å². The minimum absolute atomic E-state index is 0.407. The third-order valence-corrected chi connectivity index (χ3v) is 2.47. The van der Waals surface area contributed by atoms with Crippen molar-refractivity contribution in [3.8, 4) is 0 Å². The van der Waals surface area contributed by atoms with Crippen LogP contribution < -0.4 is 0 Å². The molecule has 0 N–H and O–H groups in total. The van der Waals surface area contributed by atoms with Crippen molar-refractivity contribution in [2.45, 2.75) is 19.6 Å². The van der Waals surface area contributed by atoms with Crippen LogP contribution in [0.2, 0.25) is 5.02 Å². The maximum Gasteiger partial charge on any atom is 0.329 e. The van der Waals surface area contributed by atoms with Crippen LogP contribution in [-0.4, -0.2) is 28.9 Å². The van der Waals surface area contributed by atoms with Gasteiger partial charge in [-0.1, -0.05) is 11.6 Å². The average molecular weight is 283 g/mol. The zero-order valence-corrected chi connectivity index (χ0v) is 11.0. The second-order valence-electron chi connectivity index (χ2n) is 4.36. The minimum atomic E-state index is -1.24. The van der Waals surface area contributed by atoms with Gasteiger partial charge in [0.15, 0.2) is 5.92 Å². The monoisotopic (exact) mass is 282 g/mol. The first-order valence-corrected chi connectivity index (χ1v) is 5.86. The van der Waals surface area contributed by atoms with Gasteiger partial charge in [0.2, 0.25) is 0 Å². The van der Waals surface area contributed by atoms with Crippen LogP contribution in [-0.2, 0) is 19.1 Å². The summed E-state index contributed by atoms with van der Waals surface area (Å²) in [5, 5.41) is 0.407. The summed E-state index contributed by atoms with van der Waals surface area (Å²) in [5.74, 6) is -3.80. The number of aliphatic imine (C=N–C) groups is 1. The molecule has 0 bridgehead atoms. The lowest BCUT2D eigenvalue weighted by Gasteiger charge is -2.31. The van der Waals surface area contributed by atoms with E-state index in [2.05, 4.69) is 9.98 Å². The Kier molecular flexibility index (Phi) is 3.53. The van der Waals surface area contributed by atoms with Crippen molar-refractivity contribution in [3.05, 3.63) is 23.5 Å². The second kappa shape index (κ2) is 4.97. The molecule has 1 aromatic heterocycles. The predicted octanol–water partition coefficient (Wildman–Crippen LogP) is 1.89. The molecule has 0 amide bonds. The number of carbonyl (C=O) groups excluding carboxylic acids is 2. The summed E-state index contributed by atoms with van der Waals surface area (Å²) < 4.78 is 9.91. The average Bonchev–Trinajstić information content (AvgIpc) is 2.26. The maximum absolute atomic E-state index is 11.7. The summed E-state index contributed by atoms with van der Waals surface area (Å²) in [5.41, 5.74) is 0.429. The molecule has 0 unspecified atom stereocenters. The van der Waals surface area contributed by atoms with Crippen LogP contribution >= 0.6 is 11.6 Å². The van der Waals surface area contributed by atoms with Gasteiger partial charge in [-0.05, 0) is 6.07 Å². The molecule has 7 heteroatoms. The number of ether oxygens (including phenoxy) is 2. The highest BCUT2D eigenvalue weighted by Crippen LogP contribution is 2.23. The summed E-state index contributed by atoms with van der Waals surface area (Å²) in [6.07, 6.45) is 4.06. The van der Waals surface area contributed by atoms with E-state index >= 15 is 0 Å². The molecule has 100 valence electrons. The van der Waals surface area contributed by atoms with Gasteiger partial charge in [0.25, 0.3) is 5.79 Å². The van der Waals surface area contributed by atoms with Gasteiger partial charge < -0.3 is 9.47 Å². The molecule has 6 nitrogen and oxygen atoms in total. The van der Waals surface area contributed by atoms with Gasteiger partial charge in [0, 0.05) is 26.3 Å². The standard InChI is InChI=1S/C12H11ClN2O4/c1-12(2)18-10(16)9(11(17)19-12)6-15-8-3-7(13)4-14-5-8/h3-6,9H,1-2H3. The van der Waals surface area contributed by atoms with E-state index in [0.29, 0.717) is 10.7 Å². The Bertz CT molecular complexity index is 536. The largest absolute Gasteiger partial charge is 0.422 e. The van der Waals surface area contributed by atoms with E-state index in [-0.39, 0.29) is 0 Å². The lowest BCUT2D eigenvalue weighted by molar-refractivity contribution is -0.235. The Hall–Kier alpha value is -1.95. The number of pyridine rings is 1. The normalized spacial score (nSPS) is 19.3. The quantitative estimate of drug-likeness (QED) is 0.470. The fourth-order valence-electron chi connectivity index (χ4n) is 1.48. The predicted molar refractivity (Wildman–Crippen MR) is 67.2 cm³/mol. The van der Waals surface area contributed by atoms with Gasteiger partial charge in [-0.3, -0.25) is 19.6 Å². The Labute approximate surface area is 114 Å². The Morgan fingerprint density at radius 2 is 1.95 bits per heavy atom. The van der Waals surface area contributed by atoms with Gasteiger partial charge >= 0.3 is 11.9 Å². The second-order valence-corrected chi connectivity index (χ2v) is 4.80. The van der Waals surface area contributed by atoms with E-state index in [0.717, 1.165) is 6.21 Å². The topological polar surface area (TPSA) is 77.9 Å². The molecule has 1 fully saturated rings. The zero-order valence-electron chi connectivity index (χ0n) is 10.3. The van der Waals surface area contributed by atoms with E-state index in [1.54, 1.807) is 6.07 Å². The van der Waals surface area contributed by atoms with Crippen LogP contribution in [0.3, 0.4) is 0 Å². The molecule has 0 radical (unpaired) electrons. The van der Waals surface area contributed by atoms with Crippen LogP contribution in [0.15, 0.2) is 23.5 Å². The van der Waals surface area contributed by atoms with E-state index in [1.165, 1.54) is 26.2 Å². The van der Waals surface area contributed by atoms with E-state index < -0.39 is 23.6 Å². The Morgan fingerprint density at radius 3 is 2.53 bits per heavy atom. The van der Waals surface area contributed by atoms with Crippen LogP contribution in [0, 0.1) is 5.92 Å². The first kappa shape index (κ1) is 13.5. The van der Waals surface area contributed by atoms with E-state index in [4.69, 9.17) is 21.1 Å². The van der Waals surface area contributed by atoms with Crippen LogP contribution in [0.5, 0.6) is 0 Å². The van der Waals surface area contributed by atoms with E-state index in [1.807, 2.05) is 0 Å². The molecular weight excluding hydrogens is 272 g/mol. The van der Waals surface area contributed by atoms with Crippen molar-refractivity contribution in [2.75, 3.05) is 0 Å². The molecule has 0 aromatic carbocycles. The number of halogens is 1. The molecule has 19 heavy (non-hydrogen) atoms. The molecule has 1 saturated heterocycles. The summed E-state index contributed by atoms with van der Waals surface area (Å²) in [7, 11) is 0.